The third kappa shape index (κ3) is 4.87. The summed E-state index contributed by atoms with van der Waals surface area (Å²) in [7, 11) is 1.82. The van der Waals surface area contributed by atoms with Gasteiger partial charge in [-0.2, -0.15) is 0 Å². The fourth-order valence-electron chi connectivity index (χ4n) is 2.76. The molecule has 3 nitrogen and oxygen atoms in total. The highest BCUT2D eigenvalue weighted by atomic mass is 16.5. The summed E-state index contributed by atoms with van der Waals surface area (Å²) in [6, 6.07) is 1.17. The molecule has 0 amide bonds. The van der Waals surface area contributed by atoms with Crippen LogP contribution in [-0.2, 0) is 4.74 Å². The summed E-state index contributed by atoms with van der Waals surface area (Å²) in [6.07, 6.45) is 3.72. The first-order chi connectivity index (χ1) is 8.49. The van der Waals surface area contributed by atoms with Gasteiger partial charge in [0.2, 0.25) is 0 Å². The van der Waals surface area contributed by atoms with Gasteiger partial charge in [0.25, 0.3) is 0 Å². The van der Waals surface area contributed by atoms with Gasteiger partial charge in [-0.1, -0.05) is 34.1 Å². The minimum atomic E-state index is 0.326. The van der Waals surface area contributed by atoms with Crippen molar-refractivity contribution in [3.63, 3.8) is 0 Å². The Morgan fingerprint density at radius 3 is 2.67 bits per heavy atom. The van der Waals surface area contributed by atoms with Crippen LogP contribution in [0.2, 0.25) is 0 Å². The lowest BCUT2D eigenvalue weighted by Crippen LogP contribution is -2.49. The van der Waals surface area contributed by atoms with E-state index in [1.54, 1.807) is 0 Å². The zero-order chi connectivity index (χ0) is 13.6. The monoisotopic (exact) mass is 256 g/mol. The molecule has 0 aromatic rings. The zero-order valence-electron chi connectivity index (χ0n) is 13.0. The Bertz CT molecular complexity index is 219. The van der Waals surface area contributed by atoms with Crippen molar-refractivity contribution in [2.24, 2.45) is 5.41 Å². The highest BCUT2D eigenvalue weighted by Gasteiger charge is 2.30. The molecule has 1 N–H and O–H groups in total. The maximum absolute atomic E-state index is 5.41. The van der Waals surface area contributed by atoms with Crippen molar-refractivity contribution in [1.29, 1.82) is 0 Å². The van der Waals surface area contributed by atoms with Crippen molar-refractivity contribution in [3.8, 4) is 0 Å². The van der Waals surface area contributed by atoms with E-state index < -0.39 is 0 Å². The Balaban J connectivity index is 2.66. The van der Waals surface area contributed by atoms with Gasteiger partial charge in [0.05, 0.1) is 6.61 Å². The van der Waals surface area contributed by atoms with Gasteiger partial charge < -0.3 is 10.1 Å². The predicted molar refractivity (Wildman–Crippen MR) is 78.0 cm³/mol. The fourth-order valence-corrected chi connectivity index (χ4v) is 2.76. The molecule has 1 fully saturated rings. The molecular formula is C15H32N2O. The molecule has 1 heterocycles. The van der Waals surface area contributed by atoms with Crippen LogP contribution in [0, 0.1) is 5.41 Å². The quantitative estimate of drug-likeness (QED) is 0.818. The second-order valence-electron chi connectivity index (χ2n) is 6.62. The van der Waals surface area contributed by atoms with Gasteiger partial charge in [0, 0.05) is 25.7 Å². The summed E-state index contributed by atoms with van der Waals surface area (Å²) in [6.45, 7) is 13.6. The Morgan fingerprint density at radius 1 is 1.39 bits per heavy atom. The molecule has 0 radical (unpaired) electrons. The van der Waals surface area contributed by atoms with E-state index in [2.05, 4.69) is 37.9 Å². The van der Waals surface area contributed by atoms with Crippen LogP contribution in [0.25, 0.3) is 0 Å². The minimum Gasteiger partial charge on any atom is -0.383 e. The SMILES string of the molecule is CCCC(COC)N1CCCNC(C(C)(C)C)C1. The largest absolute Gasteiger partial charge is 0.383 e. The van der Waals surface area contributed by atoms with E-state index in [1.807, 2.05) is 7.11 Å². The second kappa shape index (κ2) is 7.46. The van der Waals surface area contributed by atoms with Crippen LogP contribution in [0.1, 0.15) is 47.0 Å². The smallest absolute Gasteiger partial charge is 0.0618 e. The van der Waals surface area contributed by atoms with Crippen molar-refractivity contribution in [2.45, 2.75) is 59.0 Å². The first kappa shape index (κ1) is 15.9. The molecule has 1 aliphatic heterocycles. The van der Waals surface area contributed by atoms with Crippen molar-refractivity contribution in [3.05, 3.63) is 0 Å². The number of hydrogen-bond donors (Lipinski definition) is 1. The van der Waals surface area contributed by atoms with Crippen molar-refractivity contribution in [1.82, 2.24) is 10.2 Å². The maximum atomic E-state index is 5.41. The molecule has 0 bridgehead atoms. The topological polar surface area (TPSA) is 24.5 Å². The molecule has 108 valence electrons. The molecule has 18 heavy (non-hydrogen) atoms. The molecule has 0 aliphatic carbocycles. The first-order valence-electron chi connectivity index (χ1n) is 7.45. The lowest BCUT2D eigenvalue weighted by atomic mass is 9.86. The third-order valence-corrected chi connectivity index (χ3v) is 3.97. The summed E-state index contributed by atoms with van der Waals surface area (Å²) in [5, 5.41) is 3.71. The van der Waals surface area contributed by atoms with Crippen LogP contribution in [0.3, 0.4) is 0 Å². The van der Waals surface area contributed by atoms with Crippen LogP contribution < -0.4 is 5.32 Å². The predicted octanol–water partition coefficient (Wildman–Crippen LogP) is 2.51. The van der Waals surface area contributed by atoms with Gasteiger partial charge in [-0.3, -0.25) is 4.90 Å². The van der Waals surface area contributed by atoms with Gasteiger partial charge in [-0.05, 0) is 31.3 Å². The number of methoxy groups -OCH3 is 1. The van der Waals surface area contributed by atoms with E-state index >= 15 is 0 Å². The summed E-state index contributed by atoms with van der Waals surface area (Å²) < 4.78 is 5.41. The van der Waals surface area contributed by atoms with E-state index in [-0.39, 0.29) is 0 Å². The van der Waals surface area contributed by atoms with Crippen molar-refractivity contribution >= 4 is 0 Å². The van der Waals surface area contributed by atoms with Crippen LogP contribution in [0.15, 0.2) is 0 Å². The van der Waals surface area contributed by atoms with E-state index in [0.29, 0.717) is 17.5 Å². The van der Waals surface area contributed by atoms with Gasteiger partial charge in [-0.15, -0.1) is 0 Å². The number of nitrogens with one attached hydrogen (secondary N) is 1. The van der Waals surface area contributed by atoms with E-state index in [1.165, 1.54) is 25.8 Å². The van der Waals surface area contributed by atoms with Crippen LogP contribution in [0.4, 0.5) is 0 Å². The average Bonchev–Trinajstić information content (AvgIpc) is 2.53. The number of nitrogens with zero attached hydrogens (tertiary/aromatic N) is 1. The summed E-state index contributed by atoms with van der Waals surface area (Å²) in [4.78, 5) is 2.64. The van der Waals surface area contributed by atoms with Crippen LogP contribution >= 0.6 is 0 Å². The Kier molecular flexibility index (Phi) is 6.61. The normalized spacial score (nSPS) is 24.8. The van der Waals surface area contributed by atoms with Gasteiger partial charge in [0.15, 0.2) is 0 Å². The Hall–Kier alpha value is -0.120. The molecule has 3 heteroatoms. The number of rotatable bonds is 5. The first-order valence-corrected chi connectivity index (χ1v) is 7.45. The van der Waals surface area contributed by atoms with Crippen LogP contribution in [-0.4, -0.2) is 50.3 Å². The summed E-state index contributed by atoms with van der Waals surface area (Å²) >= 11 is 0. The Labute approximate surface area is 113 Å². The molecule has 0 saturated carbocycles. The molecule has 1 rings (SSSR count). The molecular weight excluding hydrogens is 224 g/mol. The second-order valence-corrected chi connectivity index (χ2v) is 6.62. The molecule has 2 unspecified atom stereocenters. The van der Waals surface area contributed by atoms with Gasteiger partial charge in [-0.25, -0.2) is 0 Å². The van der Waals surface area contributed by atoms with E-state index in [0.717, 1.165) is 19.7 Å². The van der Waals surface area contributed by atoms with Gasteiger partial charge in [0.1, 0.15) is 0 Å². The molecule has 0 aromatic carbocycles. The summed E-state index contributed by atoms with van der Waals surface area (Å²) in [5.41, 5.74) is 0.326. The average molecular weight is 256 g/mol. The standard InChI is InChI=1S/C15H32N2O/c1-6-8-13(12-18-5)17-10-7-9-16-14(11-17)15(2,3)4/h13-14,16H,6-12H2,1-5H3. The number of ether oxygens (including phenoxy) is 1. The fraction of sp³-hybridized carbons (Fsp3) is 1.00. The van der Waals surface area contributed by atoms with Crippen molar-refractivity contribution in [2.75, 3.05) is 33.4 Å². The Morgan fingerprint density at radius 2 is 2.11 bits per heavy atom. The molecule has 0 aromatic heterocycles. The molecule has 1 aliphatic rings. The highest BCUT2D eigenvalue weighted by Crippen LogP contribution is 2.23. The lowest BCUT2D eigenvalue weighted by Gasteiger charge is -2.37. The maximum Gasteiger partial charge on any atom is 0.0618 e. The molecule has 0 spiro atoms. The molecule has 1 saturated heterocycles. The number of hydrogen-bond acceptors (Lipinski definition) is 3. The van der Waals surface area contributed by atoms with E-state index in [4.69, 9.17) is 4.74 Å². The van der Waals surface area contributed by atoms with Crippen LogP contribution in [0.5, 0.6) is 0 Å². The van der Waals surface area contributed by atoms with Gasteiger partial charge >= 0.3 is 0 Å². The lowest BCUT2D eigenvalue weighted by molar-refractivity contribution is 0.0733. The highest BCUT2D eigenvalue weighted by molar-refractivity contribution is 4.88. The minimum absolute atomic E-state index is 0.326. The molecule has 2 atom stereocenters. The van der Waals surface area contributed by atoms with E-state index in [9.17, 15) is 0 Å². The van der Waals surface area contributed by atoms with Crippen molar-refractivity contribution < 1.29 is 4.74 Å². The summed E-state index contributed by atoms with van der Waals surface area (Å²) in [5.74, 6) is 0. The zero-order valence-corrected chi connectivity index (χ0v) is 13.0. The third-order valence-electron chi connectivity index (χ3n) is 3.97.